The molecule has 0 amide bonds. The summed E-state index contributed by atoms with van der Waals surface area (Å²) in [6, 6.07) is 0. The van der Waals surface area contributed by atoms with Crippen LogP contribution >= 0.6 is 0 Å². The second kappa shape index (κ2) is 32.1. The molecule has 45 heavy (non-hydrogen) atoms. The van der Waals surface area contributed by atoms with Gasteiger partial charge in [0.1, 0.15) is 0 Å². The molecule has 0 aromatic rings. The average Bonchev–Trinajstić information content (AvgIpc) is 3.00. The maximum absolute atomic E-state index is 11.0. The minimum Gasteiger partial charge on any atom is -0.481 e. The van der Waals surface area contributed by atoms with Crippen molar-refractivity contribution in [3.8, 4) is 0 Å². The van der Waals surface area contributed by atoms with Gasteiger partial charge in [-0.25, -0.2) is 0 Å². The fraction of sp³-hybridized carbons (Fsp3) is 0.868. The number of carboxylic acids is 3. The van der Waals surface area contributed by atoms with E-state index in [2.05, 4.69) is 19.1 Å². The maximum Gasteiger partial charge on any atom is 0.303 e. The van der Waals surface area contributed by atoms with Gasteiger partial charge in [-0.2, -0.15) is 0 Å². The van der Waals surface area contributed by atoms with Crippen LogP contribution in [-0.4, -0.2) is 63.9 Å². The van der Waals surface area contributed by atoms with E-state index in [0.29, 0.717) is 19.3 Å². The van der Waals surface area contributed by atoms with E-state index in [-0.39, 0.29) is 19.3 Å². The molecule has 0 saturated carbocycles. The zero-order valence-electron chi connectivity index (χ0n) is 29.3. The highest BCUT2D eigenvalue weighted by Crippen LogP contribution is 2.20. The van der Waals surface area contributed by atoms with E-state index in [1.165, 1.54) is 109 Å². The highest BCUT2D eigenvalue weighted by Gasteiger charge is 2.26. The Morgan fingerprint density at radius 3 is 0.978 bits per heavy atom. The summed E-state index contributed by atoms with van der Waals surface area (Å²) < 4.78 is 0.862. The molecule has 0 aliphatic rings. The van der Waals surface area contributed by atoms with Crippen molar-refractivity contribution in [3.63, 3.8) is 0 Å². The molecule has 264 valence electrons. The van der Waals surface area contributed by atoms with Crippen LogP contribution < -0.4 is 0 Å². The van der Waals surface area contributed by atoms with Gasteiger partial charge in [0, 0.05) is 19.3 Å². The summed E-state index contributed by atoms with van der Waals surface area (Å²) in [6.07, 6.45) is 34.7. The van der Waals surface area contributed by atoms with Gasteiger partial charge in [0.15, 0.2) is 0 Å². The summed E-state index contributed by atoms with van der Waals surface area (Å²) in [6.45, 7) is 5.94. The molecular weight excluding hydrogens is 566 g/mol. The maximum atomic E-state index is 11.0. The molecule has 0 aliphatic carbocycles. The Kier molecular flexibility index (Phi) is 30.7. The summed E-state index contributed by atoms with van der Waals surface area (Å²) in [7, 11) is 0. The van der Waals surface area contributed by atoms with Crippen molar-refractivity contribution in [3.05, 3.63) is 12.2 Å². The molecule has 7 heteroatoms. The average molecular weight is 639 g/mol. The number of nitrogens with zero attached hydrogens (tertiary/aromatic N) is 1. The van der Waals surface area contributed by atoms with Crippen molar-refractivity contribution >= 4 is 17.9 Å². The molecule has 0 aliphatic heterocycles. The Labute approximate surface area is 276 Å². The normalized spacial score (nSPS) is 11.8. The van der Waals surface area contributed by atoms with E-state index < -0.39 is 17.9 Å². The number of carbonyl (C=O) groups is 3. The van der Waals surface area contributed by atoms with E-state index in [1.807, 2.05) is 0 Å². The van der Waals surface area contributed by atoms with Crippen LogP contribution in [0.4, 0.5) is 0 Å². The fourth-order valence-corrected chi connectivity index (χ4v) is 6.42. The molecular formula is C38H72NO6+. The first kappa shape index (κ1) is 43.1. The summed E-state index contributed by atoms with van der Waals surface area (Å²) >= 11 is 0. The van der Waals surface area contributed by atoms with Crippen molar-refractivity contribution in [2.24, 2.45) is 0 Å². The van der Waals surface area contributed by atoms with Gasteiger partial charge >= 0.3 is 17.9 Å². The van der Waals surface area contributed by atoms with Gasteiger partial charge in [-0.1, -0.05) is 103 Å². The van der Waals surface area contributed by atoms with Gasteiger partial charge in [-0.3, -0.25) is 14.4 Å². The number of rotatable bonds is 36. The van der Waals surface area contributed by atoms with Crippen LogP contribution in [0.15, 0.2) is 12.2 Å². The smallest absolute Gasteiger partial charge is 0.303 e. The monoisotopic (exact) mass is 639 g/mol. The van der Waals surface area contributed by atoms with E-state index in [9.17, 15) is 14.4 Å². The summed E-state index contributed by atoms with van der Waals surface area (Å²) in [5.74, 6) is -2.30. The minimum absolute atomic E-state index is 0.172. The van der Waals surface area contributed by atoms with Crippen LogP contribution in [0, 0.1) is 0 Å². The van der Waals surface area contributed by atoms with Crippen LogP contribution in [0.3, 0.4) is 0 Å². The van der Waals surface area contributed by atoms with E-state index in [0.717, 1.165) is 62.8 Å². The minimum atomic E-state index is -0.768. The van der Waals surface area contributed by atoms with Crippen LogP contribution in [0.2, 0.25) is 0 Å². The topological polar surface area (TPSA) is 112 Å². The molecule has 0 radical (unpaired) electrons. The zero-order valence-corrected chi connectivity index (χ0v) is 29.3. The number of quaternary nitrogens is 1. The summed E-state index contributed by atoms with van der Waals surface area (Å²) in [4.78, 5) is 33.1. The number of allylic oxidation sites excluding steroid dienone is 2. The first-order valence-corrected chi connectivity index (χ1v) is 19.0. The largest absolute Gasteiger partial charge is 0.481 e. The molecule has 0 spiro atoms. The van der Waals surface area contributed by atoms with Crippen LogP contribution in [0.1, 0.15) is 187 Å². The molecule has 0 fully saturated rings. The lowest BCUT2D eigenvalue weighted by atomic mass is 10.0. The molecule has 0 bridgehead atoms. The Bertz CT molecular complexity index is 683. The van der Waals surface area contributed by atoms with Crippen LogP contribution in [-0.2, 0) is 14.4 Å². The fourth-order valence-electron chi connectivity index (χ4n) is 6.42. The van der Waals surface area contributed by atoms with Gasteiger partial charge in [0.05, 0.1) is 26.2 Å². The third-order valence-corrected chi connectivity index (χ3v) is 9.21. The van der Waals surface area contributed by atoms with E-state index in [4.69, 9.17) is 15.3 Å². The lowest BCUT2D eigenvalue weighted by Crippen LogP contribution is -2.51. The third kappa shape index (κ3) is 31.9. The number of unbranched alkanes of at least 4 members (excludes halogenated alkanes) is 20. The lowest BCUT2D eigenvalue weighted by molar-refractivity contribution is -0.929. The van der Waals surface area contributed by atoms with Gasteiger partial charge in [-0.05, 0) is 77.0 Å². The summed E-state index contributed by atoms with van der Waals surface area (Å²) in [5, 5.41) is 27.2. The number of hydrogen-bond acceptors (Lipinski definition) is 3. The second-order valence-corrected chi connectivity index (χ2v) is 13.5. The van der Waals surface area contributed by atoms with Gasteiger partial charge in [-0.15, -0.1) is 0 Å². The molecule has 0 atom stereocenters. The van der Waals surface area contributed by atoms with Gasteiger partial charge in [0.2, 0.25) is 0 Å². The molecule has 0 saturated heterocycles. The van der Waals surface area contributed by atoms with Gasteiger partial charge < -0.3 is 19.8 Å². The number of hydrogen-bond donors (Lipinski definition) is 3. The standard InChI is InChI=1S/C38H71NO6/c1-2-3-4-5-6-7-8-9-10-11-12-13-14-15-16-17-18-19-20-21-25-32-39(33-26-22-29-36(40)41,34-27-23-30-37(42)43)35-28-24-31-38(44)45/h15-16H,2-14,17-35H2,1H3,(H2-,40,41,42,43,44,45)/p+1/b16-15+. The zero-order chi connectivity index (χ0) is 33.3. The molecule has 0 unspecified atom stereocenters. The quantitative estimate of drug-likeness (QED) is 0.0358. The van der Waals surface area contributed by atoms with E-state index in [1.54, 1.807) is 0 Å². The van der Waals surface area contributed by atoms with Crippen LogP contribution in [0.25, 0.3) is 0 Å². The Balaban J connectivity index is 4.23. The molecule has 3 N–H and O–H groups in total. The highest BCUT2D eigenvalue weighted by molar-refractivity contribution is 5.67. The van der Waals surface area contributed by atoms with Crippen molar-refractivity contribution in [1.29, 1.82) is 0 Å². The SMILES string of the molecule is CCCCCCCCCCCCCC/C=C/CCCCCCC[N+](CCCCC(=O)O)(CCCCC(=O)O)CCCCC(=O)O. The third-order valence-electron chi connectivity index (χ3n) is 9.21. The molecule has 0 rings (SSSR count). The predicted molar refractivity (Wildman–Crippen MR) is 187 cm³/mol. The molecule has 0 heterocycles. The first-order chi connectivity index (χ1) is 21.8. The first-order valence-electron chi connectivity index (χ1n) is 19.0. The van der Waals surface area contributed by atoms with Crippen LogP contribution in [0.5, 0.6) is 0 Å². The number of aliphatic carboxylic acids is 3. The van der Waals surface area contributed by atoms with E-state index >= 15 is 0 Å². The van der Waals surface area contributed by atoms with Crippen molar-refractivity contribution in [1.82, 2.24) is 0 Å². The van der Waals surface area contributed by atoms with Crippen molar-refractivity contribution in [2.75, 3.05) is 26.2 Å². The Morgan fingerprint density at radius 1 is 0.400 bits per heavy atom. The number of carboxylic acid groups (broad SMARTS) is 3. The van der Waals surface area contributed by atoms with Gasteiger partial charge in [0.25, 0.3) is 0 Å². The molecule has 0 aromatic heterocycles. The van der Waals surface area contributed by atoms with Crippen molar-refractivity contribution < 1.29 is 34.2 Å². The highest BCUT2D eigenvalue weighted by atomic mass is 16.4. The lowest BCUT2D eigenvalue weighted by Gasteiger charge is -2.39. The summed E-state index contributed by atoms with van der Waals surface area (Å²) in [5.41, 5.74) is 0. The second-order valence-electron chi connectivity index (χ2n) is 13.5. The van der Waals surface area contributed by atoms with Crippen molar-refractivity contribution in [2.45, 2.75) is 187 Å². The molecule has 0 aromatic carbocycles. The Hall–Kier alpha value is -1.89. The molecule has 7 nitrogen and oxygen atoms in total. The predicted octanol–water partition coefficient (Wildman–Crippen LogP) is 10.6. The Morgan fingerprint density at radius 2 is 0.667 bits per heavy atom.